The number of pyridine rings is 1. The quantitative estimate of drug-likeness (QED) is 0.646. The molecule has 138 valence electrons. The number of benzene rings is 1. The molecule has 0 amide bonds. The van der Waals surface area contributed by atoms with Crippen LogP contribution in [0.3, 0.4) is 0 Å². The minimum atomic E-state index is -2.13. The Morgan fingerprint density at radius 1 is 1.31 bits per heavy atom. The number of nitrogens with zero attached hydrogens (tertiary/aromatic N) is 2. The van der Waals surface area contributed by atoms with Crippen LogP contribution < -0.4 is 10.3 Å². The molecule has 0 spiro atoms. The SMILES string of the molecule is CCCc1nn(C)c2c(=O)[nH]c(-c3cc(S(=O)O)ccc3OCC)cc12. The molecule has 3 aromatic rings. The van der Waals surface area contributed by atoms with Crippen molar-refractivity contribution in [3.63, 3.8) is 0 Å². The zero-order valence-electron chi connectivity index (χ0n) is 14.9. The number of aromatic amines is 1. The number of hydrogen-bond acceptors (Lipinski definition) is 4. The first-order valence-corrected chi connectivity index (χ1v) is 9.53. The maximum Gasteiger partial charge on any atom is 0.274 e. The van der Waals surface area contributed by atoms with Crippen LogP contribution in [0.25, 0.3) is 22.2 Å². The van der Waals surface area contributed by atoms with Gasteiger partial charge in [0.1, 0.15) is 11.3 Å². The summed E-state index contributed by atoms with van der Waals surface area (Å²) in [4.78, 5) is 15.7. The van der Waals surface area contributed by atoms with E-state index in [1.54, 1.807) is 23.9 Å². The largest absolute Gasteiger partial charge is 0.493 e. The molecule has 3 rings (SSSR count). The number of rotatable bonds is 6. The fraction of sp³-hybridized carbons (Fsp3) is 0.333. The van der Waals surface area contributed by atoms with Crippen LogP contribution in [-0.4, -0.2) is 30.1 Å². The lowest BCUT2D eigenvalue weighted by molar-refractivity contribution is 0.341. The molecule has 7 nitrogen and oxygen atoms in total. The number of H-pyrrole nitrogens is 1. The third-order valence-electron chi connectivity index (χ3n) is 4.14. The van der Waals surface area contributed by atoms with E-state index in [4.69, 9.17) is 4.74 Å². The molecule has 2 aromatic heterocycles. The van der Waals surface area contributed by atoms with Gasteiger partial charge >= 0.3 is 0 Å². The van der Waals surface area contributed by atoms with E-state index in [0.717, 1.165) is 23.9 Å². The molecule has 8 heteroatoms. The van der Waals surface area contributed by atoms with Crippen LogP contribution in [0, 0.1) is 0 Å². The topological polar surface area (TPSA) is 97.2 Å². The molecule has 1 unspecified atom stereocenters. The number of aromatic nitrogens is 3. The number of fused-ring (bicyclic) bond motifs is 1. The molecule has 2 N–H and O–H groups in total. The summed E-state index contributed by atoms with van der Waals surface area (Å²) in [5, 5.41) is 5.24. The van der Waals surface area contributed by atoms with Crippen molar-refractivity contribution in [2.45, 2.75) is 31.6 Å². The van der Waals surface area contributed by atoms with Crippen molar-refractivity contribution in [2.75, 3.05) is 6.61 Å². The van der Waals surface area contributed by atoms with Gasteiger partial charge in [0.15, 0.2) is 11.1 Å². The van der Waals surface area contributed by atoms with Crippen LogP contribution in [0.1, 0.15) is 26.0 Å². The summed E-state index contributed by atoms with van der Waals surface area (Å²) >= 11 is -2.13. The van der Waals surface area contributed by atoms with Gasteiger partial charge in [0.2, 0.25) is 0 Å². The molecule has 2 heterocycles. The molecule has 0 aliphatic heterocycles. The van der Waals surface area contributed by atoms with E-state index in [9.17, 15) is 13.6 Å². The Bertz CT molecular complexity index is 1040. The van der Waals surface area contributed by atoms with Gasteiger partial charge < -0.3 is 14.3 Å². The van der Waals surface area contributed by atoms with Crippen LogP contribution in [0.4, 0.5) is 0 Å². The van der Waals surface area contributed by atoms with Gasteiger partial charge in [-0.05, 0) is 37.6 Å². The van der Waals surface area contributed by atoms with Crippen molar-refractivity contribution in [1.82, 2.24) is 14.8 Å². The Morgan fingerprint density at radius 2 is 2.08 bits per heavy atom. The summed E-state index contributed by atoms with van der Waals surface area (Å²) in [6, 6.07) is 6.60. The molecule has 0 saturated carbocycles. The highest BCUT2D eigenvalue weighted by molar-refractivity contribution is 7.79. The zero-order chi connectivity index (χ0) is 18.8. The van der Waals surface area contributed by atoms with E-state index in [2.05, 4.69) is 17.0 Å². The molecule has 1 atom stereocenters. The highest BCUT2D eigenvalue weighted by Gasteiger charge is 2.16. The third kappa shape index (κ3) is 3.30. The van der Waals surface area contributed by atoms with Gasteiger partial charge in [-0.25, -0.2) is 4.21 Å². The van der Waals surface area contributed by atoms with Crippen molar-refractivity contribution in [3.8, 4) is 17.0 Å². The summed E-state index contributed by atoms with van der Waals surface area (Å²) in [5.41, 5.74) is 2.21. The first-order chi connectivity index (χ1) is 12.5. The minimum Gasteiger partial charge on any atom is -0.493 e. The molecule has 26 heavy (non-hydrogen) atoms. The highest BCUT2D eigenvalue weighted by Crippen LogP contribution is 2.32. The Kier molecular flexibility index (Phi) is 5.24. The molecular formula is C18H21N3O4S. The van der Waals surface area contributed by atoms with E-state index in [0.29, 0.717) is 29.1 Å². The second-order valence-corrected chi connectivity index (χ2v) is 6.90. The predicted octanol–water partition coefficient (Wildman–Crippen LogP) is 2.86. The molecule has 0 fully saturated rings. The second-order valence-electron chi connectivity index (χ2n) is 5.93. The average molecular weight is 375 g/mol. The van der Waals surface area contributed by atoms with Gasteiger partial charge in [0, 0.05) is 18.0 Å². The van der Waals surface area contributed by atoms with Crippen molar-refractivity contribution in [1.29, 1.82) is 0 Å². The Balaban J connectivity index is 2.28. The molecule has 0 aliphatic rings. The Hall–Kier alpha value is -2.45. The molecule has 0 bridgehead atoms. The van der Waals surface area contributed by atoms with Crippen LogP contribution in [-0.2, 0) is 24.5 Å². The number of hydrogen-bond donors (Lipinski definition) is 2. The van der Waals surface area contributed by atoms with Gasteiger partial charge in [0.25, 0.3) is 5.56 Å². The van der Waals surface area contributed by atoms with Gasteiger partial charge in [0.05, 0.1) is 22.9 Å². The predicted molar refractivity (Wildman–Crippen MR) is 101 cm³/mol. The maximum atomic E-state index is 12.6. The van der Waals surface area contributed by atoms with Crippen LogP contribution in [0.5, 0.6) is 5.75 Å². The van der Waals surface area contributed by atoms with Crippen molar-refractivity contribution < 1.29 is 13.5 Å². The van der Waals surface area contributed by atoms with Gasteiger partial charge in [-0.1, -0.05) is 13.3 Å². The summed E-state index contributed by atoms with van der Waals surface area (Å²) in [6.07, 6.45) is 1.68. The fourth-order valence-electron chi connectivity index (χ4n) is 3.05. The normalized spacial score (nSPS) is 12.5. The Labute approximate surface area is 153 Å². The summed E-state index contributed by atoms with van der Waals surface area (Å²) in [6.45, 7) is 4.35. The smallest absolute Gasteiger partial charge is 0.274 e. The summed E-state index contributed by atoms with van der Waals surface area (Å²) in [7, 11) is 1.75. The molecule has 1 aromatic carbocycles. The first-order valence-electron chi connectivity index (χ1n) is 8.43. The Morgan fingerprint density at radius 3 is 2.73 bits per heavy atom. The van der Waals surface area contributed by atoms with E-state index in [-0.39, 0.29) is 10.5 Å². The molecule has 0 saturated heterocycles. The first kappa shape index (κ1) is 18.3. The van der Waals surface area contributed by atoms with E-state index in [1.165, 1.54) is 6.07 Å². The zero-order valence-corrected chi connectivity index (χ0v) is 15.7. The maximum absolute atomic E-state index is 12.6. The van der Waals surface area contributed by atoms with Crippen LogP contribution in [0.2, 0.25) is 0 Å². The van der Waals surface area contributed by atoms with Crippen molar-refractivity contribution >= 4 is 22.0 Å². The minimum absolute atomic E-state index is 0.240. The fourth-order valence-corrected chi connectivity index (χ4v) is 3.46. The average Bonchev–Trinajstić information content (AvgIpc) is 2.92. The standard InChI is InChI=1S/C18H21N3O4S/c1-4-6-14-13-10-15(19-18(22)17(13)21(3)20-14)12-9-11(26(23)24)7-8-16(12)25-5-2/h7-10H,4-6H2,1-3H3,(H,19,22)(H,23,24). The summed E-state index contributed by atoms with van der Waals surface area (Å²) in [5.74, 6) is 0.539. The van der Waals surface area contributed by atoms with Crippen molar-refractivity contribution in [2.24, 2.45) is 7.05 Å². The van der Waals surface area contributed by atoms with Crippen LogP contribution in [0.15, 0.2) is 34.0 Å². The molecule has 0 radical (unpaired) electrons. The van der Waals surface area contributed by atoms with Crippen LogP contribution >= 0.6 is 0 Å². The lowest BCUT2D eigenvalue weighted by Crippen LogP contribution is -2.11. The molecular weight excluding hydrogens is 354 g/mol. The lowest BCUT2D eigenvalue weighted by atomic mass is 10.1. The molecule has 0 aliphatic carbocycles. The number of nitrogens with one attached hydrogen (secondary N) is 1. The highest BCUT2D eigenvalue weighted by atomic mass is 32.2. The number of ether oxygens (including phenoxy) is 1. The van der Waals surface area contributed by atoms with E-state index >= 15 is 0 Å². The van der Waals surface area contributed by atoms with Gasteiger partial charge in [-0.3, -0.25) is 9.48 Å². The summed E-state index contributed by atoms with van der Waals surface area (Å²) < 4.78 is 28.1. The van der Waals surface area contributed by atoms with Gasteiger partial charge in [-0.15, -0.1) is 0 Å². The third-order valence-corrected chi connectivity index (χ3v) is 4.80. The van der Waals surface area contributed by atoms with Crippen molar-refractivity contribution in [3.05, 3.63) is 40.3 Å². The lowest BCUT2D eigenvalue weighted by Gasteiger charge is -2.11. The monoisotopic (exact) mass is 375 g/mol. The number of aryl methyl sites for hydroxylation is 2. The van der Waals surface area contributed by atoms with E-state index in [1.807, 2.05) is 13.0 Å². The second kappa shape index (κ2) is 7.43. The van der Waals surface area contributed by atoms with Gasteiger partial charge in [-0.2, -0.15) is 5.10 Å². The van der Waals surface area contributed by atoms with E-state index < -0.39 is 11.1 Å².